The van der Waals surface area contributed by atoms with Crippen molar-refractivity contribution in [2.45, 2.75) is 89.4 Å². The normalized spacial score (nSPS) is 19.3. The summed E-state index contributed by atoms with van der Waals surface area (Å²) in [5.74, 6) is 0. The van der Waals surface area contributed by atoms with Gasteiger partial charge in [-0.1, -0.05) is 82.8 Å². The Hall–Kier alpha value is -0.700. The maximum Gasteiger partial charge on any atom is -0.0101 e. The van der Waals surface area contributed by atoms with E-state index in [1.807, 2.05) is 0 Å². The smallest absolute Gasteiger partial charge is 0.0101 e. The van der Waals surface area contributed by atoms with Crippen molar-refractivity contribution in [3.8, 4) is 11.1 Å². The van der Waals surface area contributed by atoms with Gasteiger partial charge in [-0.2, -0.15) is 0 Å². The van der Waals surface area contributed by atoms with Crippen molar-refractivity contribution in [3.63, 3.8) is 0 Å². The molecular formula is C26H36P2. The minimum Gasteiger partial charge on any atom is -0.106 e. The molecule has 2 aliphatic carbocycles. The Bertz CT molecular complexity index is 757. The second-order valence-corrected chi connectivity index (χ2v) is 12.5. The highest BCUT2D eigenvalue weighted by Crippen LogP contribution is 2.56. The molecule has 0 bridgehead atoms. The molecule has 150 valence electrons. The van der Waals surface area contributed by atoms with E-state index in [0.717, 1.165) is 11.3 Å². The van der Waals surface area contributed by atoms with Crippen molar-refractivity contribution in [3.05, 3.63) is 47.5 Å². The molecule has 0 saturated heterocycles. The zero-order valence-corrected chi connectivity index (χ0v) is 19.8. The van der Waals surface area contributed by atoms with Gasteiger partial charge in [-0.05, 0) is 83.7 Å². The first-order valence-electron chi connectivity index (χ1n) is 11.4. The average Bonchev–Trinajstić information content (AvgIpc) is 2.70. The Morgan fingerprint density at radius 1 is 0.750 bits per heavy atom. The monoisotopic (exact) mass is 410 g/mol. The molecule has 2 aromatic carbocycles. The molecule has 0 heterocycles. The summed E-state index contributed by atoms with van der Waals surface area (Å²) < 4.78 is 0. The van der Waals surface area contributed by atoms with Crippen LogP contribution >= 0.6 is 17.2 Å². The third kappa shape index (κ3) is 4.40. The number of rotatable bonds is 4. The summed E-state index contributed by atoms with van der Waals surface area (Å²) in [4.78, 5) is 0. The third-order valence-corrected chi connectivity index (χ3v) is 10.8. The highest BCUT2D eigenvalue weighted by molar-refractivity contribution is 7.67. The molecule has 0 aromatic heterocycles. The number of aryl methyl sites for hydroxylation is 2. The van der Waals surface area contributed by atoms with E-state index in [2.05, 4.69) is 59.5 Å². The molecule has 1 unspecified atom stereocenters. The zero-order valence-electron chi connectivity index (χ0n) is 17.7. The Kier molecular flexibility index (Phi) is 6.91. The summed E-state index contributed by atoms with van der Waals surface area (Å²) in [6, 6.07) is 14.2. The summed E-state index contributed by atoms with van der Waals surface area (Å²) >= 11 is 0. The van der Waals surface area contributed by atoms with Gasteiger partial charge in [-0.15, -0.1) is 9.24 Å². The summed E-state index contributed by atoms with van der Waals surface area (Å²) in [6.07, 6.45) is 14.6. The summed E-state index contributed by atoms with van der Waals surface area (Å²) in [5.41, 5.74) is 7.81. The highest BCUT2D eigenvalue weighted by atomic mass is 31.1. The largest absolute Gasteiger partial charge is 0.106 e. The van der Waals surface area contributed by atoms with E-state index < -0.39 is 0 Å². The van der Waals surface area contributed by atoms with E-state index in [-0.39, 0.29) is 7.92 Å². The molecule has 0 spiro atoms. The van der Waals surface area contributed by atoms with Gasteiger partial charge in [0.2, 0.25) is 0 Å². The van der Waals surface area contributed by atoms with Crippen LogP contribution in [-0.2, 0) is 0 Å². The van der Waals surface area contributed by atoms with Crippen molar-refractivity contribution in [1.82, 2.24) is 0 Å². The van der Waals surface area contributed by atoms with E-state index in [1.165, 1.54) is 86.2 Å². The molecule has 1 atom stereocenters. The van der Waals surface area contributed by atoms with Crippen molar-refractivity contribution in [2.24, 2.45) is 0 Å². The predicted molar refractivity (Wildman–Crippen MR) is 131 cm³/mol. The fourth-order valence-corrected chi connectivity index (χ4v) is 10.2. The van der Waals surface area contributed by atoms with Crippen molar-refractivity contribution in [2.75, 3.05) is 0 Å². The Balaban J connectivity index is 1.81. The van der Waals surface area contributed by atoms with Crippen LogP contribution in [0.2, 0.25) is 0 Å². The van der Waals surface area contributed by atoms with Gasteiger partial charge in [0.05, 0.1) is 0 Å². The maximum atomic E-state index is 2.88. The quantitative estimate of drug-likeness (QED) is 0.466. The molecule has 2 saturated carbocycles. The van der Waals surface area contributed by atoms with Crippen LogP contribution in [0.25, 0.3) is 11.1 Å². The van der Waals surface area contributed by atoms with E-state index in [0.29, 0.717) is 0 Å². The molecule has 2 fully saturated rings. The molecule has 4 rings (SSSR count). The third-order valence-electron chi connectivity index (χ3n) is 6.94. The number of hydrogen-bond acceptors (Lipinski definition) is 0. The lowest BCUT2D eigenvalue weighted by molar-refractivity contribution is 0.487. The molecule has 0 amide bonds. The van der Waals surface area contributed by atoms with Crippen LogP contribution in [0.3, 0.4) is 0 Å². The van der Waals surface area contributed by atoms with Crippen LogP contribution in [0, 0.1) is 13.8 Å². The molecular weight excluding hydrogens is 374 g/mol. The molecule has 0 N–H and O–H groups in total. The van der Waals surface area contributed by atoms with Gasteiger partial charge in [-0.25, -0.2) is 0 Å². The van der Waals surface area contributed by atoms with Crippen LogP contribution in [-0.4, -0.2) is 11.3 Å². The van der Waals surface area contributed by atoms with Gasteiger partial charge >= 0.3 is 0 Å². The Morgan fingerprint density at radius 2 is 1.25 bits per heavy atom. The van der Waals surface area contributed by atoms with Crippen LogP contribution < -0.4 is 10.6 Å². The van der Waals surface area contributed by atoms with E-state index in [1.54, 1.807) is 10.9 Å². The van der Waals surface area contributed by atoms with Gasteiger partial charge in [0.1, 0.15) is 0 Å². The number of hydrogen-bond donors (Lipinski definition) is 0. The predicted octanol–water partition coefficient (Wildman–Crippen LogP) is 7.24. The lowest BCUT2D eigenvalue weighted by atomic mass is 9.96. The summed E-state index contributed by atoms with van der Waals surface area (Å²) in [5, 5.41) is 3.03. The first-order chi connectivity index (χ1) is 13.6. The fourth-order valence-electron chi connectivity index (χ4n) is 5.74. The Morgan fingerprint density at radius 3 is 1.79 bits per heavy atom. The highest BCUT2D eigenvalue weighted by Gasteiger charge is 2.33. The minimum absolute atomic E-state index is 0.0742. The summed E-state index contributed by atoms with van der Waals surface area (Å²) in [6.45, 7) is 4.60. The van der Waals surface area contributed by atoms with E-state index in [4.69, 9.17) is 0 Å². The van der Waals surface area contributed by atoms with Gasteiger partial charge < -0.3 is 0 Å². The Labute approximate surface area is 175 Å². The first kappa shape index (κ1) is 20.6. The van der Waals surface area contributed by atoms with Crippen molar-refractivity contribution in [1.29, 1.82) is 0 Å². The van der Waals surface area contributed by atoms with Crippen LogP contribution in [0.4, 0.5) is 0 Å². The van der Waals surface area contributed by atoms with Gasteiger partial charge in [-0.3, -0.25) is 0 Å². The maximum absolute atomic E-state index is 2.88. The molecule has 2 aromatic rings. The van der Waals surface area contributed by atoms with Gasteiger partial charge in [0.15, 0.2) is 0 Å². The molecule has 0 aliphatic heterocycles. The lowest BCUT2D eigenvalue weighted by Crippen LogP contribution is -2.27. The van der Waals surface area contributed by atoms with Crippen molar-refractivity contribution >= 4 is 27.8 Å². The van der Waals surface area contributed by atoms with Gasteiger partial charge in [0.25, 0.3) is 0 Å². The van der Waals surface area contributed by atoms with Crippen LogP contribution in [0.15, 0.2) is 36.4 Å². The van der Waals surface area contributed by atoms with E-state index in [9.17, 15) is 0 Å². The topological polar surface area (TPSA) is 0 Å². The second-order valence-electron chi connectivity index (χ2n) is 9.04. The van der Waals surface area contributed by atoms with Gasteiger partial charge in [0, 0.05) is 0 Å². The molecule has 28 heavy (non-hydrogen) atoms. The molecule has 2 aliphatic rings. The second kappa shape index (κ2) is 9.41. The van der Waals surface area contributed by atoms with E-state index >= 15 is 0 Å². The zero-order chi connectivity index (χ0) is 19.5. The first-order valence-corrected chi connectivity index (χ1v) is 13.5. The average molecular weight is 411 g/mol. The molecule has 0 radical (unpaired) electrons. The SMILES string of the molecule is Cc1cc(P)cc(C)c1-c1ccccc1P(C1CCCCC1)C1CCCCC1. The summed E-state index contributed by atoms with van der Waals surface area (Å²) in [7, 11) is 2.81. The van der Waals surface area contributed by atoms with Crippen LogP contribution in [0.5, 0.6) is 0 Å². The fraction of sp³-hybridized carbons (Fsp3) is 0.538. The standard InChI is InChI=1S/C26H36P2/c1-19-17-21(27)18-20(2)26(19)24-15-9-10-16-25(24)28(22-11-5-3-6-12-22)23-13-7-4-8-14-23/h9-10,15-18,22-23H,3-8,11-14,27H2,1-2H3. The minimum atomic E-state index is -0.0742. The van der Waals surface area contributed by atoms with Crippen LogP contribution in [0.1, 0.15) is 75.3 Å². The number of benzene rings is 2. The lowest BCUT2D eigenvalue weighted by Gasteiger charge is -2.40. The molecule has 0 nitrogen and oxygen atoms in total. The van der Waals surface area contributed by atoms with Crippen molar-refractivity contribution < 1.29 is 0 Å². The molecule has 2 heteroatoms.